The van der Waals surface area contributed by atoms with Crippen molar-refractivity contribution in [1.29, 1.82) is 0 Å². The molecule has 0 spiro atoms. The second-order valence-corrected chi connectivity index (χ2v) is 6.23. The largest absolute Gasteiger partial charge is 0.326 e. The van der Waals surface area contributed by atoms with Crippen LogP contribution in [-0.2, 0) is 6.42 Å². The van der Waals surface area contributed by atoms with Crippen LogP contribution < -0.4 is 5.73 Å². The number of halogens is 1. The van der Waals surface area contributed by atoms with Crippen LogP contribution in [0.2, 0.25) is 0 Å². The quantitative estimate of drug-likeness (QED) is 0.906. The second kappa shape index (κ2) is 5.59. The maximum Gasteiger partial charge on any atom is 0.123 e. The van der Waals surface area contributed by atoms with E-state index in [1.165, 1.54) is 18.9 Å². The molecule has 1 aliphatic rings. The molecule has 0 radical (unpaired) electrons. The van der Waals surface area contributed by atoms with Crippen LogP contribution in [-0.4, -0.2) is 29.6 Å². The molecule has 1 unspecified atom stereocenters. The summed E-state index contributed by atoms with van der Waals surface area (Å²) in [6.45, 7) is 8.69. The molecular weight excluding hydrogens is 239 g/mol. The molecule has 1 atom stereocenters. The molecule has 0 bridgehead atoms. The smallest absolute Gasteiger partial charge is 0.123 e. The predicted molar refractivity (Wildman–Crippen MR) is 77.7 cm³/mol. The summed E-state index contributed by atoms with van der Waals surface area (Å²) in [6.07, 6.45) is 3.25. The van der Waals surface area contributed by atoms with Crippen LogP contribution in [0, 0.1) is 12.7 Å². The van der Waals surface area contributed by atoms with Crippen molar-refractivity contribution in [3.63, 3.8) is 0 Å². The zero-order chi connectivity index (χ0) is 14.0. The minimum atomic E-state index is -0.174. The monoisotopic (exact) mass is 264 g/mol. The SMILES string of the molecule is Cc1ccc(F)cc1CC(N)C(C)(C)N1CCCC1. The molecule has 106 valence electrons. The molecule has 1 saturated heterocycles. The summed E-state index contributed by atoms with van der Waals surface area (Å²) < 4.78 is 13.3. The van der Waals surface area contributed by atoms with Crippen LogP contribution >= 0.6 is 0 Å². The number of hydrogen-bond donors (Lipinski definition) is 1. The number of nitrogens with zero attached hydrogens (tertiary/aromatic N) is 1. The van der Waals surface area contributed by atoms with Gasteiger partial charge in [-0.05, 0) is 76.4 Å². The second-order valence-electron chi connectivity index (χ2n) is 6.23. The lowest BCUT2D eigenvalue weighted by molar-refractivity contribution is 0.123. The third-order valence-electron chi connectivity index (χ3n) is 4.58. The molecule has 1 aliphatic heterocycles. The fourth-order valence-electron chi connectivity index (χ4n) is 2.87. The predicted octanol–water partition coefficient (Wildman–Crippen LogP) is 2.88. The lowest BCUT2D eigenvalue weighted by atomic mass is 9.87. The van der Waals surface area contributed by atoms with Gasteiger partial charge >= 0.3 is 0 Å². The standard InChI is InChI=1S/C16H25FN2/c1-12-6-7-14(17)10-13(12)11-15(18)16(2,3)19-8-4-5-9-19/h6-7,10,15H,4-5,8-9,11,18H2,1-3H3. The first kappa shape index (κ1) is 14.5. The Kier molecular flexibility index (Phi) is 4.26. The molecule has 0 amide bonds. The van der Waals surface area contributed by atoms with Gasteiger partial charge in [0, 0.05) is 11.6 Å². The summed E-state index contributed by atoms with van der Waals surface area (Å²) in [5, 5.41) is 0. The first-order valence-electron chi connectivity index (χ1n) is 7.17. The van der Waals surface area contributed by atoms with Gasteiger partial charge in [-0.3, -0.25) is 4.90 Å². The number of aryl methyl sites for hydroxylation is 1. The van der Waals surface area contributed by atoms with Crippen molar-refractivity contribution in [3.05, 3.63) is 35.1 Å². The molecule has 2 rings (SSSR count). The van der Waals surface area contributed by atoms with Crippen LogP contribution in [0.3, 0.4) is 0 Å². The fraction of sp³-hybridized carbons (Fsp3) is 0.625. The number of likely N-dealkylation sites (tertiary alicyclic amines) is 1. The van der Waals surface area contributed by atoms with Gasteiger partial charge in [-0.25, -0.2) is 4.39 Å². The first-order chi connectivity index (χ1) is 8.91. The Labute approximate surface area is 115 Å². The average molecular weight is 264 g/mol. The number of rotatable bonds is 4. The molecular formula is C16H25FN2. The Hall–Kier alpha value is -0.930. The van der Waals surface area contributed by atoms with Crippen molar-refractivity contribution in [2.45, 2.75) is 51.6 Å². The number of benzene rings is 1. The highest BCUT2D eigenvalue weighted by Gasteiger charge is 2.34. The highest BCUT2D eigenvalue weighted by molar-refractivity contribution is 5.28. The Morgan fingerprint density at radius 2 is 1.95 bits per heavy atom. The summed E-state index contributed by atoms with van der Waals surface area (Å²) in [7, 11) is 0. The zero-order valence-corrected chi connectivity index (χ0v) is 12.2. The Bertz CT molecular complexity index is 436. The highest BCUT2D eigenvalue weighted by atomic mass is 19.1. The molecule has 1 fully saturated rings. The fourth-order valence-corrected chi connectivity index (χ4v) is 2.87. The van der Waals surface area contributed by atoms with E-state index in [9.17, 15) is 4.39 Å². The number of hydrogen-bond acceptors (Lipinski definition) is 2. The van der Waals surface area contributed by atoms with E-state index >= 15 is 0 Å². The van der Waals surface area contributed by atoms with Gasteiger partial charge in [-0.1, -0.05) is 6.07 Å². The zero-order valence-electron chi connectivity index (χ0n) is 12.2. The molecule has 1 aromatic rings. The van der Waals surface area contributed by atoms with Crippen molar-refractivity contribution in [1.82, 2.24) is 4.90 Å². The molecule has 2 nitrogen and oxygen atoms in total. The van der Waals surface area contributed by atoms with Gasteiger partial charge in [-0.15, -0.1) is 0 Å². The van der Waals surface area contributed by atoms with E-state index in [1.807, 2.05) is 13.0 Å². The summed E-state index contributed by atoms with van der Waals surface area (Å²) in [5.41, 5.74) is 8.53. The Morgan fingerprint density at radius 3 is 2.58 bits per heavy atom. The van der Waals surface area contributed by atoms with Gasteiger partial charge < -0.3 is 5.73 Å². The van der Waals surface area contributed by atoms with Crippen molar-refractivity contribution in [3.8, 4) is 0 Å². The molecule has 0 aliphatic carbocycles. The molecule has 1 aromatic carbocycles. The molecule has 1 heterocycles. The van der Waals surface area contributed by atoms with Crippen LogP contribution in [0.15, 0.2) is 18.2 Å². The lowest BCUT2D eigenvalue weighted by Gasteiger charge is -2.40. The molecule has 19 heavy (non-hydrogen) atoms. The van der Waals surface area contributed by atoms with Gasteiger partial charge in [0.2, 0.25) is 0 Å². The highest BCUT2D eigenvalue weighted by Crippen LogP contribution is 2.26. The first-order valence-corrected chi connectivity index (χ1v) is 7.17. The van der Waals surface area contributed by atoms with E-state index in [1.54, 1.807) is 6.07 Å². The Balaban J connectivity index is 2.11. The third kappa shape index (κ3) is 3.15. The molecule has 0 aromatic heterocycles. The van der Waals surface area contributed by atoms with Crippen molar-refractivity contribution in [2.75, 3.05) is 13.1 Å². The van der Waals surface area contributed by atoms with Crippen molar-refractivity contribution >= 4 is 0 Å². The summed E-state index contributed by atoms with van der Waals surface area (Å²) >= 11 is 0. The normalized spacial score (nSPS) is 18.8. The van der Waals surface area contributed by atoms with E-state index in [0.717, 1.165) is 30.6 Å². The summed E-state index contributed by atoms with van der Waals surface area (Å²) in [4.78, 5) is 2.46. The van der Waals surface area contributed by atoms with Gasteiger partial charge in [0.15, 0.2) is 0 Å². The average Bonchev–Trinajstić information content (AvgIpc) is 2.88. The topological polar surface area (TPSA) is 29.3 Å². The van der Waals surface area contributed by atoms with E-state index in [4.69, 9.17) is 5.73 Å². The van der Waals surface area contributed by atoms with E-state index in [2.05, 4.69) is 18.7 Å². The van der Waals surface area contributed by atoms with Crippen LogP contribution in [0.25, 0.3) is 0 Å². The molecule has 3 heteroatoms. The van der Waals surface area contributed by atoms with Gasteiger partial charge in [-0.2, -0.15) is 0 Å². The van der Waals surface area contributed by atoms with Crippen molar-refractivity contribution < 1.29 is 4.39 Å². The summed E-state index contributed by atoms with van der Waals surface area (Å²) in [5.74, 6) is -0.174. The molecule has 0 saturated carbocycles. The van der Waals surface area contributed by atoms with Gasteiger partial charge in [0.1, 0.15) is 5.82 Å². The van der Waals surface area contributed by atoms with Gasteiger partial charge in [0.25, 0.3) is 0 Å². The minimum absolute atomic E-state index is 0.0195. The van der Waals surface area contributed by atoms with Crippen LogP contribution in [0.4, 0.5) is 4.39 Å². The van der Waals surface area contributed by atoms with Crippen molar-refractivity contribution in [2.24, 2.45) is 5.73 Å². The third-order valence-corrected chi connectivity index (χ3v) is 4.58. The van der Waals surface area contributed by atoms with E-state index in [-0.39, 0.29) is 17.4 Å². The van der Waals surface area contributed by atoms with Crippen LogP contribution in [0.1, 0.15) is 37.8 Å². The summed E-state index contributed by atoms with van der Waals surface area (Å²) in [6, 6.07) is 4.98. The van der Waals surface area contributed by atoms with E-state index in [0.29, 0.717) is 0 Å². The number of nitrogens with two attached hydrogens (primary N) is 1. The maximum atomic E-state index is 13.3. The van der Waals surface area contributed by atoms with E-state index < -0.39 is 0 Å². The maximum absolute atomic E-state index is 13.3. The molecule has 2 N–H and O–H groups in total. The Morgan fingerprint density at radius 1 is 1.32 bits per heavy atom. The minimum Gasteiger partial charge on any atom is -0.326 e. The van der Waals surface area contributed by atoms with Crippen LogP contribution in [0.5, 0.6) is 0 Å². The lowest BCUT2D eigenvalue weighted by Crippen LogP contribution is -2.56. The van der Waals surface area contributed by atoms with Gasteiger partial charge in [0.05, 0.1) is 0 Å².